The predicted molar refractivity (Wildman–Crippen MR) is 85.6 cm³/mol. The van der Waals surface area contributed by atoms with Gasteiger partial charge in [-0.25, -0.2) is 0 Å². The monoisotopic (exact) mass is 408 g/mol. The summed E-state index contributed by atoms with van der Waals surface area (Å²) in [6.07, 6.45) is 4.03. The topological polar surface area (TPSA) is 15.3 Å². The smallest absolute Gasteiger partial charge is 0.0487 e. The second-order valence-corrected chi connectivity index (χ2v) is 6.71. The molecule has 1 N–H and O–H groups in total. The van der Waals surface area contributed by atoms with Gasteiger partial charge in [-0.1, -0.05) is 22.4 Å². The third-order valence-electron chi connectivity index (χ3n) is 3.38. The van der Waals surface area contributed by atoms with Crippen LogP contribution in [0.4, 0.5) is 5.69 Å². The zero-order valence-electron chi connectivity index (χ0n) is 10.0. The van der Waals surface area contributed by atoms with E-state index in [4.69, 9.17) is 0 Å². The molecule has 1 aromatic carbocycles. The van der Waals surface area contributed by atoms with Gasteiger partial charge in [-0.15, -0.1) is 0 Å². The van der Waals surface area contributed by atoms with Gasteiger partial charge in [0.2, 0.25) is 0 Å². The number of nitrogens with zero attached hydrogens (tertiary/aromatic N) is 1. The van der Waals surface area contributed by atoms with Gasteiger partial charge < -0.3 is 10.2 Å². The molecule has 0 spiro atoms. The lowest BCUT2D eigenvalue weighted by Crippen LogP contribution is -2.40. The fourth-order valence-electron chi connectivity index (χ4n) is 2.26. The number of likely N-dealkylation sites (tertiary alicyclic amines) is 1. The molecule has 1 heterocycles. The van der Waals surface area contributed by atoms with Gasteiger partial charge in [0.05, 0.1) is 0 Å². The first kappa shape index (κ1) is 13.6. The Morgan fingerprint density at radius 1 is 1.47 bits per heavy atom. The lowest BCUT2D eigenvalue weighted by atomic mass is 10.0. The van der Waals surface area contributed by atoms with Crippen LogP contribution >= 0.6 is 38.5 Å². The van der Waals surface area contributed by atoms with Crippen LogP contribution in [0.2, 0.25) is 0 Å². The van der Waals surface area contributed by atoms with E-state index in [9.17, 15) is 0 Å². The Hall–Kier alpha value is 0.190. The quantitative estimate of drug-likeness (QED) is 0.761. The van der Waals surface area contributed by atoms with Gasteiger partial charge in [-0.05, 0) is 67.2 Å². The van der Waals surface area contributed by atoms with Crippen molar-refractivity contribution in [2.45, 2.75) is 25.3 Å². The molecule has 4 heteroatoms. The van der Waals surface area contributed by atoms with Gasteiger partial charge >= 0.3 is 0 Å². The fourth-order valence-corrected chi connectivity index (χ4v) is 3.15. The molecule has 17 heavy (non-hydrogen) atoms. The molecule has 1 aliphatic rings. The molecular formula is C13H18BrIN2. The lowest BCUT2D eigenvalue weighted by Gasteiger charge is -2.32. The summed E-state index contributed by atoms with van der Waals surface area (Å²) < 4.78 is 2.42. The Labute approximate surface area is 125 Å². The molecular weight excluding hydrogens is 391 g/mol. The minimum Gasteiger partial charge on any atom is -0.383 e. The van der Waals surface area contributed by atoms with E-state index in [1.165, 1.54) is 35.1 Å². The van der Waals surface area contributed by atoms with E-state index in [1.54, 1.807) is 0 Å². The van der Waals surface area contributed by atoms with E-state index in [2.05, 4.69) is 74.0 Å². The van der Waals surface area contributed by atoms with Crippen LogP contribution in [0.25, 0.3) is 0 Å². The summed E-state index contributed by atoms with van der Waals surface area (Å²) >= 11 is 5.90. The highest BCUT2D eigenvalue weighted by Gasteiger charge is 2.18. The first-order chi connectivity index (χ1) is 8.16. The lowest BCUT2D eigenvalue weighted by molar-refractivity contribution is 0.194. The van der Waals surface area contributed by atoms with Crippen molar-refractivity contribution < 1.29 is 0 Å². The highest BCUT2D eigenvalue weighted by Crippen LogP contribution is 2.24. The number of hydrogen-bond acceptors (Lipinski definition) is 2. The maximum atomic E-state index is 3.57. The maximum absolute atomic E-state index is 3.57. The minimum absolute atomic E-state index is 0.679. The van der Waals surface area contributed by atoms with Crippen molar-refractivity contribution in [1.82, 2.24) is 4.90 Å². The Balaban J connectivity index is 1.94. The Morgan fingerprint density at radius 3 is 3.06 bits per heavy atom. The van der Waals surface area contributed by atoms with Crippen LogP contribution in [0.1, 0.15) is 19.3 Å². The zero-order chi connectivity index (χ0) is 12.3. The van der Waals surface area contributed by atoms with E-state index in [0.29, 0.717) is 6.04 Å². The standard InChI is InChI=1S/C13H18BrIN2/c1-17-7-3-2-4-11(17)9-16-13-8-10(14)5-6-12(13)15/h5-6,8,11,16H,2-4,7,9H2,1H3. The minimum atomic E-state index is 0.679. The summed E-state index contributed by atoms with van der Waals surface area (Å²) in [4.78, 5) is 2.47. The first-order valence-corrected chi connectivity index (χ1v) is 7.93. The van der Waals surface area contributed by atoms with E-state index in [-0.39, 0.29) is 0 Å². The average molecular weight is 409 g/mol. The molecule has 1 unspecified atom stereocenters. The summed E-state index contributed by atoms with van der Waals surface area (Å²) in [6, 6.07) is 7.06. The molecule has 1 fully saturated rings. The molecule has 1 atom stereocenters. The maximum Gasteiger partial charge on any atom is 0.0487 e. The molecule has 94 valence electrons. The van der Waals surface area contributed by atoms with Crippen LogP contribution in [0.3, 0.4) is 0 Å². The highest BCUT2D eigenvalue weighted by molar-refractivity contribution is 14.1. The molecule has 0 aromatic heterocycles. The number of benzene rings is 1. The summed E-state index contributed by atoms with van der Waals surface area (Å²) in [5.41, 5.74) is 1.24. The number of piperidine rings is 1. The third-order valence-corrected chi connectivity index (χ3v) is 4.81. The number of hydrogen-bond donors (Lipinski definition) is 1. The van der Waals surface area contributed by atoms with Crippen molar-refractivity contribution >= 4 is 44.2 Å². The highest BCUT2D eigenvalue weighted by atomic mass is 127. The van der Waals surface area contributed by atoms with Crippen molar-refractivity contribution in [3.63, 3.8) is 0 Å². The van der Waals surface area contributed by atoms with Crippen molar-refractivity contribution in [2.75, 3.05) is 25.5 Å². The second kappa shape index (κ2) is 6.38. The van der Waals surface area contributed by atoms with Gasteiger partial charge in [0.15, 0.2) is 0 Å². The number of halogens is 2. The van der Waals surface area contributed by atoms with Crippen molar-refractivity contribution in [2.24, 2.45) is 0 Å². The normalized spacial score (nSPS) is 21.5. The van der Waals surface area contributed by atoms with E-state index >= 15 is 0 Å². The fraction of sp³-hybridized carbons (Fsp3) is 0.538. The second-order valence-electron chi connectivity index (χ2n) is 4.64. The predicted octanol–water partition coefficient (Wildman–Crippen LogP) is 3.95. The van der Waals surface area contributed by atoms with Crippen molar-refractivity contribution in [3.05, 3.63) is 26.2 Å². The molecule has 0 radical (unpaired) electrons. The van der Waals surface area contributed by atoms with Crippen LogP contribution in [0.15, 0.2) is 22.7 Å². The largest absolute Gasteiger partial charge is 0.383 e. The van der Waals surface area contributed by atoms with Gasteiger partial charge in [-0.2, -0.15) is 0 Å². The van der Waals surface area contributed by atoms with Crippen molar-refractivity contribution in [3.8, 4) is 0 Å². The average Bonchev–Trinajstić information content (AvgIpc) is 2.32. The summed E-state index contributed by atoms with van der Waals surface area (Å²) in [5.74, 6) is 0. The third kappa shape index (κ3) is 3.83. The van der Waals surface area contributed by atoms with Crippen LogP contribution in [0, 0.1) is 3.57 Å². The van der Waals surface area contributed by atoms with E-state index in [1.807, 2.05) is 0 Å². The van der Waals surface area contributed by atoms with E-state index in [0.717, 1.165) is 11.0 Å². The summed E-state index contributed by atoms with van der Waals surface area (Å²) in [6.45, 7) is 2.28. The van der Waals surface area contributed by atoms with Crippen LogP contribution in [0.5, 0.6) is 0 Å². The number of nitrogens with one attached hydrogen (secondary N) is 1. The summed E-state index contributed by atoms with van der Waals surface area (Å²) in [5, 5.41) is 3.57. The molecule has 1 aliphatic heterocycles. The molecule has 2 rings (SSSR count). The molecule has 0 amide bonds. The van der Waals surface area contributed by atoms with E-state index < -0.39 is 0 Å². The van der Waals surface area contributed by atoms with Crippen LogP contribution in [-0.4, -0.2) is 31.1 Å². The van der Waals surface area contributed by atoms with Gasteiger partial charge in [0, 0.05) is 26.3 Å². The zero-order valence-corrected chi connectivity index (χ0v) is 13.8. The first-order valence-electron chi connectivity index (χ1n) is 6.06. The van der Waals surface area contributed by atoms with Crippen LogP contribution < -0.4 is 5.32 Å². The van der Waals surface area contributed by atoms with Gasteiger partial charge in [0.25, 0.3) is 0 Å². The Morgan fingerprint density at radius 2 is 2.29 bits per heavy atom. The van der Waals surface area contributed by atoms with Gasteiger partial charge in [-0.3, -0.25) is 0 Å². The molecule has 0 aliphatic carbocycles. The summed E-state index contributed by atoms with van der Waals surface area (Å²) in [7, 11) is 2.23. The number of rotatable bonds is 3. The molecule has 1 aromatic rings. The number of anilines is 1. The number of likely N-dealkylation sites (N-methyl/N-ethyl adjacent to an activating group) is 1. The Kier molecular flexibility index (Phi) is 5.11. The van der Waals surface area contributed by atoms with Crippen molar-refractivity contribution in [1.29, 1.82) is 0 Å². The van der Waals surface area contributed by atoms with Crippen LogP contribution in [-0.2, 0) is 0 Å². The molecule has 0 bridgehead atoms. The Bertz CT molecular complexity index is 384. The molecule has 2 nitrogen and oxygen atoms in total. The van der Waals surface area contributed by atoms with Gasteiger partial charge in [0.1, 0.15) is 0 Å². The molecule has 1 saturated heterocycles. The SMILES string of the molecule is CN1CCCCC1CNc1cc(Br)ccc1I. The molecule has 0 saturated carbocycles.